The van der Waals surface area contributed by atoms with E-state index in [1.807, 2.05) is 6.07 Å². The lowest BCUT2D eigenvalue weighted by atomic mass is 9.55. The predicted molar refractivity (Wildman–Crippen MR) is 115 cm³/mol. The van der Waals surface area contributed by atoms with E-state index in [0.29, 0.717) is 18.5 Å². The van der Waals surface area contributed by atoms with Crippen molar-refractivity contribution in [2.75, 3.05) is 7.11 Å². The van der Waals surface area contributed by atoms with Crippen molar-refractivity contribution in [3.8, 4) is 5.75 Å². The highest BCUT2D eigenvalue weighted by Gasteiger charge is 2.44. The second kappa shape index (κ2) is 9.27. The summed E-state index contributed by atoms with van der Waals surface area (Å²) < 4.78 is 9.97. The minimum absolute atomic E-state index is 0. The molecule has 28 heavy (non-hydrogen) atoms. The number of hydrogen-bond donors (Lipinski definition) is 0. The Morgan fingerprint density at radius 2 is 1.93 bits per heavy atom. The fraction of sp³-hybridized carbons (Fsp3) is 0.480. The Labute approximate surface area is 170 Å². The van der Waals surface area contributed by atoms with Gasteiger partial charge in [-0.2, -0.15) is 0 Å². The van der Waals surface area contributed by atoms with Crippen LogP contribution in [0.3, 0.4) is 0 Å². The second-order valence-corrected chi connectivity index (χ2v) is 8.36. The van der Waals surface area contributed by atoms with Crippen LogP contribution in [0.25, 0.3) is 0 Å². The SMILES string of the molecule is COC=O.C[C@H]1CCC[C@]2(C)c3cc(OCc4ccccc4)ccc3CCC12.[HH]. The molecule has 0 bridgehead atoms. The van der Waals surface area contributed by atoms with Gasteiger partial charge in [0.05, 0.1) is 7.11 Å². The van der Waals surface area contributed by atoms with Gasteiger partial charge in [-0.05, 0) is 65.3 Å². The quantitative estimate of drug-likeness (QED) is 0.614. The van der Waals surface area contributed by atoms with E-state index in [1.54, 1.807) is 11.1 Å². The molecule has 0 spiro atoms. The first kappa shape index (κ1) is 20.4. The average molecular weight is 383 g/mol. The number of rotatable bonds is 4. The minimum Gasteiger partial charge on any atom is -0.489 e. The molecule has 3 atom stereocenters. The number of hydrogen-bond acceptors (Lipinski definition) is 3. The van der Waals surface area contributed by atoms with E-state index in [4.69, 9.17) is 9.53 Å². The third-order valence-corrected chi connectivity index (χ3v) is 6.63. The van der Waals surface area contributed by atoms with Crippen molar-refractivity contribution in [2.45, 2.75) is 58.0 Å². The van der Waals surface area contributed by atoms with E-state index < -0.39 is 0 Å². The molecule has 0 N–H and O–H groups in total. The van der Waals surface area contributed by atoms with Gasteiger partial charge in [-0.1, -0.05) is 63.1 Å². The highest BCUT2D eigenvalue weighted by molar-refractivity contribution is 5.43. The van der Waals surface area contributed by atoms with Crippen LogP contribution in [-0.2, 0) is 28.0 Å². The lowest BCUT2D eigenvalue weighted by molar-refractivity contribution is -0.126. The summed E-state index contributed by atoms with van der Waals surface area (Å²) in [6, 6.07) is 17.3. The highest BCUT2D eigenvalue weighted by atomic mass is 16.5. The molecule has 2 aliphatic rings. The maximum absolute atomic E-state index is 8.95. The molecule has 0 aromatic heterocycles. The Morgan fingerprint density at radius 1 is 1.18 bits per heavy atom. The smallest absolute Gasteiger partial charge is 0.292 e. The Hall–Kier alpha value is -2.29. The van der Waals surface area contributed by atoms with Crippen molar-refractivity contribution in [1.29, 1.82) is 0 Å². The molecule has 1 saturated carbocycles. The van der Waals surface area contributed by atoms with Crippen molar-refractivity contribution in [3.05, 3.63) is 65.2 Å². The van der Waals surface area contributed by atoms with Crippen LogP contribution >= 0.6 is 0 Å². The molecule has 3 heteroatoms. The zero-order valence-corrected chi connectivity index (χ0v) is 17.3. The highest BCUT2D eigenvalue weighted by Crippen LogP contribution is 2.52. The standard InChI is InChI=1S/C23H28O.C2H4O2.H2/c1-17-7-6-14-23(2)21(17)13-11-19-10-12-20(15-22(19)23)24-16-18-8-4-3-5-9-18;1-4-2-3;/h3-5,8-10,12,15,17,21H,6-7,11,13-14,16H2,1-2H3;2H,1H3;1H/t17-,21?,23-;;/m0../s1. The Kier molecular flexibility index (Phi) is 6.77. The van der Waals surface area contributed by atoms with Gasteiger partial charge in [0.25, 0.3) is 6.47 Å². The van der Waals surface area contributed by atoms with Gasteiger partial charge in [-0.15, -0.1) is 0 Å². The summed E-state index contributed by atoms with van der Waals surface area (Å²) in [6.07, 6.45) is 6.69. The summed E-state index contributed by atoms with van der Waals surface area (Å²) in [5.41, 5.74) is 4.69. The van der Waals surface area contributed by atoms with Crippen molar-refractivity contribution >= 4 is 6.47 Å². The van der Waals surface area contributed by atoms with Crippen LogP contribution in [0.5, 0.6) is 5.75 Å². The fourth-order valence-corrected chi connectivity index (χ4v) is 5.19. The topological polar surface area (TPSA) is 35.5 Å². The fourth-order valence-electron chi connectivity index (χ4n) is 5.19. The molecule has 0 saturated heterocycles. The van der Waals surface area contributed by atoms with Crippen LogP contribution in [0.4, 0.5) is 0 Å². The van der Waals surface area contributed by atoms with Crippen LogP contribution in [0.2, 0.25) is 0 Å². The minimum atomic E-state index is 0. The molecule has 2 aliphatic carbocycles. The Bertz CT molecular complexity index is 777. The van der Waals surface area contributed by atoms with E-state index >= 15 is 0 Å². The number of fused-ring (bicyclic) bond motifs is 3. The second-order valence-electron chi connectivity index (χ2n) is 8.36. The van der Waals surface area contributed by atoms with Crippen molar-refractivity contribution in [3.63, 3.8) is 0 Å². The van der Waals surface area contributed by atoms with Crippen molar-refractivity contribution < 1.29 is 15.7 Å². The molecule has 0 amide bonds. The largest absolute Gasteiger partial charge is 0.489 e. The first-order valence-corrected chi connectivity index (χ1v) is 10.3. The summed E-state index contributed by atoms with van der Waals surface area (Å²) in [6.45, 7) is 5.99. The number of aryl methyl sites for hydroxylation is 1. The Balaban J connectivity index is 0.000000552. The van der Waals surface area contributed by atoms with Crippen molar-refractivity contribution in [2.24, 2.45) is 11.8 Å². The average Bonchev–Trinajstić information content (AvgIpc) is 2.73. The van der Waals surface area contributed by atoms with Gasteiger partial charge in [0.1, 0.15) is 12.4 Å². The van der Waals surface area contributed by atoms with E-state index in [0.717, 1.165) is 17.6 Å². The summed E-state index contributed by atoms with van der Waals surface area (Å²) in [4.78, 5) is 8.95. The molecule has 0 radical (unpaired) electrons. The summed E-state index contributed by atoms with van der Waals surface area (Å²) >= 11 is 0. The molecule has 2 aromatic carbocycles. The number of benzene rings is 2. The normalized spacial score (nSPS) is 25.4. The number of methoxy groups -OCH3 is 1. The molecule has 152 valence electrons. The molecule has 0 aliphatic heterocycles. The molecule has 3 nitrogen and oxygen atoms in total. The molecule has 1 unspecified atom stereocenters. The molecule has 1 fully saturated rings. The van der Waals surface area contributed by atoms with Gasteiger partial charge >= 0.3 is 0 Å². The van der Waals surface area contributed by atoms with Crippen LogP contribution in [0, 0.1) is 11.8 Å². The number of ether oxygens (including phenoxy) is 2. The molecular weight excluding hydrogens is 348 g/mol. The Morgan fingerprint density at radius 3 is 2.64 bits per heavy atom. The van der Waals surface area contributed by atoms with E-state index in [2.05, 4.69) is 61.0 Å². The molecule has 4 rings (SSSR count). The van der Waals surface area contributed by atoms with E-state index in [-0.39, 0.29) is 1.43 Å². The van der Waals surface area contributed by atoms with E-state index in [9.17, 15) is 0 Å². The first-order chi connectivity index (χ1) is 13.6. The zero-order valence-electron chi connectivity index (χ0n) is 17.3. The van der Waals surface area contributed by atoms with Crippen LogP contribution in [-0.4, -0.2) is 13.6 Å². The van der Waals surface area contributed by atoms with Gasteiger partial charge in [0.15, 0.2) is 0 Å². The first-order valence-electron chi connectivity index (χ1n) is 10.3. The lowest BCUT2D eigenvalue weighted by Gasteiger charge is -2.49. The lowest BCUT2D eigenvalue weighted by Crippen LogP contribution is -2.43. The number of carbonyl (C=O) groups excluding carboxylic acids is 1. The predicted octanol–water partition coefficient (Wildman–Crippen LogP) is 5.94. The van der Waals surface area contributed by atoms with Crippen LogP contribution in [0.1, 0.15) is 57.6 Å². The number of carbonyl (C=O) groups is 1. The zero-order chi connectivity index (χ0) is 20.0. The molecule has 2 aromatic rings. The maximum atomic E-state index is 8.95. The van der Waals surface area contributed by atoms with Gasteiger partial charge in [-0.25, -0.2) is 0 Å². The van der Waals surface area contributed by atoms with Gasteiger partial charge < -0.3 is 9.47 Å². The monoisotopic (exact) mass is 382 g/mol. The molecule has 0 heterocycles. The maximum Gasteiger partial charge on any atom is 0.292 e. The van der Waals surface area contributed by atoms with Crippen molar-refractivity contribution in [1.82, 2.24) is 0 Å². The van der Waals surface area contributed by atoms with E-state index in [1.165, 1.54) is 44.8 Å². The third kappa shape index (κ3) is 4.40. The summed E-state index contributed by atoms with van der Waals surface area (Å²) in [5, 5.41) is 0. The molecular formula is C25H34O3. The van der Waals surface area contributed by atoms with Gasteiger partial charge in [0.2, 0.25) is 0 Å². The summed E-state index contributed by atoms with van der Waals surface area (Å²) in [5.74, 6) is 2.71. The third-order valence-electron chi connectivity index (χ3n) is 6.63. The van der Waals surface area contributed by atoms with Gasteiger partial charge in [0, 0.05) is 1.43 Å². The summed E-state index contributed by atoms with van der Waals surface area (Å²) in [7, 11) is 1.31. The van der Waals surface area contributed by atoms with Gasteiger partial charge in [-0.3, -0.25) is 4.79 Å². The van der Waals surface area contributed by atoms with Crippen LogP contribution in [0.15, 0.2) is 48.5 Å². The van der Waals surface area contributed by atoms with Crippen LogP contribution < -0.4 is 4.74 Å².